The van der Waals surface area contributed by atoms with Gasteiger partial charge in [-0.25, -0.2) is 4.98 Å². The molecular weight excluding hydrogens is 326 g/mol. The van der Waals surface area contributed by atoms with Crippen molar-refractivity contribution in [2.24, 2.45) is 5.92 Å². The van der Waals surface area contributed by atoms with E-state index in [1.165, 1.54) is 47.1 Å². The Hall–Kier alpha value is -1.91. The highest BCUT2D eigenvalue weighted by molar-refractivity contribution is 7.17. The standard InChI is InChI=1S/C21H23N3S/c1-14-21(15-8-10-24(14)11-9-15)23-20-7-6-16(12-22-20)18-13-25-19-5-3-2-4-17(18)19/h2-7,12-15,21H,8-11H2,1H3,(H,22,23)/t14-,21+/m1/s1. The predicted molar refractivity (Wildman–Crippen MR) is 106 cm³/mol. The predicted octanol–water partition coefficient (Wildman–Crippen LogP) is 4.86. The van der Waals surface area contributed by atoms with E-state index in [1.54, 1.807) is 11.3 Å². The zero-order chi connectivity index (χ0) is 16.8. The van der Waals surface area contributed by atoms with Gasteiger partial charge in [-0.05, 0) is 62.4 Å². The molecule has 3 nitrogen and oxygen atoms in total. The Morgan fingerprint density at radius 1 is 1.12 bits per heavy atom. The lowest BCUT2D eigenvalue weighted by atomic mass is 9.79. The summed E-state index contributed by atoms with van der Waals surface area (Å²) in [5.41, 5.74) is 2.49. The zero-order valence-electron chi connectivity index (χ0n) is 14.5. The average Bonchev–Trinajstić information content (AvgIpc) is 3.10. The Labute approximate surface area is 152 Å². The first-order valence-electron chi connectivity index (χ1n) is 9.23. The third-order valence-corrected chi connectivity index (χ3v) is 7.01. The molecule has 3 aliphatic heterocycles. The molecule has 6 rings (SSSR count). The molecule has 128 valence electrons. The van der Waals surface area contributed by atoms with Gasteiger partial charge in [0, 0.05) is 39.5 Å². The van der Waals surface area contributed by atoms with E-state index in [1.807, 2.05) is 6.20 Å². The number of benzene rings is 1. The second kappa shape index (κ2) is 6.11. The fraction of sp³-hybridized carbons (Fsp3) is 0.381. The molecule has 1 aromatic carbocycles. The lowest BCUT2D eigenvalue weighted by Crippen LogP contribution is -2.59. The van der Waals surface area contributed by atoms with Gasteiger partial charge in [0.2, 0.25) is 0 Å². The normalized spacial score (nSPS) is 28.4. The maximum atomic E-state index is 4.73. The van der Waals surface area contributed by atoms with Crippen LogP contribution in [0.1, 0.15) is 19.8 Å². The third kappa shape index (κ3) is 2.64. The molecule has 3 aliphatic rings. The number of nitrogens with zero attached hydrogens (tertiary/aromatic N) is 2. The molecule has 0 amide bonds. The number of anilines is 1. The molecule has 2 aromatic heterocycles. The maximum absolute atomic E-state index is 4.73. The number of hydrogen-bond acceptors (Lipinski definition) is 4. The second-order valence-electron chi connectivity index (χ2n) is 7.36. The van der Waals surface area contributed by atoms with Crippen LogP contribution >= 0.6 is 11.3 Å². The summed E-state index contributed by atoms with van der Waals surface area (Å²) in [6.45, 7) is 4.89. The van der Waals surface area contributed by atoms with Crippen molar-refractivity contribution in [2.75, 3.05) is 18.4 Å². The van der Waals surface area contributed by atoms with Gasteiger partial charge in [0.1, 0.15) is 5.82 Å². The van der Waals surface area contributed by atoms with Crippen molar-refractivity contribution >= 4 is 27.2 Å². The van der Waals surface area contributed by atoms with Gasteiger partial charge in [0.15, 0.2) is 0 Å². The highest BCUT2D eigenvalue weighted by atomic mass is 32.1. The van der Waals surface area contributed by atoms with Gasteiger partial charge in [-0.15, -0.1) is 11.3 Å². The zero-order valence-corrected chi connectivity index (χ0v) is 15.3. The fourth-order valence-electron chi connectivity index (χ4n) is 4.56. The van der Waals surface area contributed by atoms with Crippen molar-refractivity contribution in [3.63, 3.8) is 0 Å². The van der Waals surface area contributed by atoms with Gasteiger partial charge in [-0.2, -0.15) is 0 Å². The monoisotopic (exact) mass is 349 g/mol. The van der Waals surface area contributed by atoms with Crippen LogP contribution < -0.4 is 5.32 Å². The molecule has 1 N–H and O–H groups in total. The molecule has 4 heteroatoms. The van der Waals surface area contributed by atoms with Gasteiger partial charge in [-0.3, -0.25) is 4.90 Å². The Morgan fingerprint density at radius 3 is 2.72 bits per heavy atom. The van der Waals surface area contributed by atoms with E-state index in [0.717, 1.165) is 11.7 Å². The number of hydrogen-bond donors (Lipinski definition) is 1. The second-order valence-corrected chi connectivity index (χ2v) is 8.27. The minimum atomic E-state index is 0.530. The molecule has 2 bridgehead atoms. The summed E-state index contributed by atoms with van der Waals surface area (Å²) >= 11 is 1.80. The quantitative estimate of drug-likeness (QED) is 0.732. The molecule has 3 saturated heterocycles. The lowest BCUT2D eigenvalue weighted by molar-refractivity contribution is 0.0457. The molecule has 0 aliphatic carbocycles. The van der Waals surface area contributed by atoms with E-state index in [4.69, 9.17) is 4.98 Å². The smallest absolute Gasteiger partial charge is 0.126 e. The van der Waals surface area contributed by atoms with Crippen molar-refractivity contribution in [3.05, 3.63) is 48.0 Å². The maximum Gasteiger partial charge on any atom is 0.126 e. The summed E-state index contributed by atoms with van der Waals surface area (Å²) in [6.07, 6.45) is 4.66. The molecule has 0 saturated carbocycles. The van der Waals surface area contributed by atoms with Crippen LogP contribution in [0.5, 0.6) is 0 Å². The van der Waals surface area contributed by atoms with Crippen molar-refractivity contribution in [1.82, 2.24) is 9.88 Å². The summed E-state index contributed by atoms with van der Waals surface area (Å²) in [5.74, 6) is 1.80. The number of thiophene rings is 1. The van der Waals surface area contributed by atoms with Gasteiger partial charge < -0.3 is 5.32 Å². The molecule has 0 unspecified atom stereocenters. The van der Waals surface area contributed by atoms with Gasteiger partial charge in [0.05, 0.1) is 0 Å². The molecule has 25 heavy (non-hydrogen) atoms. The Morgan fingerprint density at radius 2 is 1.96 bits per heavy atom. The van der Waals surface area contributed by atoms with Crippen LogP contribution in [-0.2, 0) is 0 Å². The fourth-order valence-corrected chi connectivity index (χ4v) is 5.53. The average molecular weight is 350 g/mol. The molecule has 3 aromatic rings. The Balaban J connectivity index is 1.39. The summed E-state index contributed by atoms with van der Waals surface area (Å²) in [4.78, 5) is 7.34. The number of rotatable bonds is 3. The van der Waals surface area contributed by atoms with E-state index in [9.17, 15) is 0 Å². The van der Waals surface area contributed by atoms with Crippen molar-refractivity contribution in [2.45, 2.75) is 31.8 Å². The van der Waals surface area contributed by atoms with Crippen molar-refractivity contribution in [3.8, 4) is 11.1 Å². The highest BCUT2D eigenvalue weighted by Gasteiger charge is 2.39. The topological polar surface area (TPSA) is 28.2 Å². The van der Waals surface area contributed by atoms with Crippen molar-refractivity contribution in [1.29, 1.82) is 0 Å². The summed E-state index contributed by atoms with van der Waals surface area (Å²) in [6, 6.07) is 14.1. The number of piperidine rings is 3. The van der Waals surface area contributed by atoms with Crippen molar-refractivity contribution < 1.29 is 0 Å². The highest BCUT2D eigenvalue weighted by Crippen LogP contribution is 2.35. The molecule has 0 radical (unpaired) electrons. The summed E-state index contributed by atoms with van der Waals surface area (Å²) < 4.78 is 1.33. The first-order chi connectivity index (χ1) is 12.3. The van der Waals surface area contributed by atoms with Crippen LogP contribution in [0, 0.1) is 5.92 Å². The molecule has 5 heterocycles. The van der Waals surface area contributed by atoms with Gasteiger partial charge in [-0.1, -0.05) is 18.2 Å². The summed E-state index contributed by atoms with van der Waals surface area (Å²) in [7, 11) is 0. The number of fused-ring (bicyclic) bond motifs is 4. The van der Waals surface area contributed by atoms with Crippen LogP contribution in [0.15, 0.2) is 48.0 Å². The van der Waals surface area contributed by atoms with E-state index < -0.39 is 0 Å². The first kappa shape index (κ1) is 15.4. The minimum Gasteiger partial charge on any atom is -0.365 e. The van der Waals surface area contributed by atoms with Gasteiger partial charge >= 0.3 is 0 Å². The van der Waals surface area contributed by atoms with Crippen LogP contribution in [0.4, 0.5) is 5.82 Å². The Kier molecular flexibility index (Phi) is 3.75. The number of pyridine rings is 1. The van der Waals surface area contributed by atoms with Gasteiger partial charge in [0.25, 0.3) is 0 Å². The molecule has 2 atom stereocenters. The third-order valence-electron chi connectivity index (χ3n) is 6.05. The van der Waals surface area contributed by atoms with E-state index in [0.29, 0.717) is 12.1 Å². The van der Waals surface area contributed by atoms with Crippen LogP contribution in [0.3, 0.4) is 0 Å². The first-order valence-corrected chi connectivity index (χ1v) is 10.1. The molecular formula is C21H23N3S. The van der Waals surface area contributed by atoms with E-state index in [2.05, 4.69) is 58.9 Å². The number of nitrogens with one attached hydrogen (secondary N) is 1. The van der Waals surface area contributed by atoms with Crippen LogP contribution in [0.25, 0.3) is 21.2 Å². The van der Waals surface area contributed by atoms with Crippen LogP contribution in [0.2, 0.25) is 0 Å². The SMILES string of the molecule is C[C@@H]1[C@H](Nc2ccc(-c3csc4ccccc34)cn2)C2CCN1CC2. The minimum absolute atomic E-state index is 0.530. The van der Waals surface area contributed by atoms with Crippen LogP contribution in [-0.4, -0.2) is 35.1 Å². The lowest BCUT2D eigenvalue weighted by Gasteiger charge is -2.50. The molecule has 3 fully saturated rings. The van der Waals surface area contributed by atoms with E-state index >= 15 is 0 Å². The molecule has 0 spiro atoms. The Bertz CT molecular complexity index is 876. The number of aromatic nitrogens is 1. The summed E-state index contributed by atoms with van der Waals surface area (Å²) in [5, 5.41) is 7.28. The largest absolute Gasteiger partial charge is 0.365 e. The van der Waals surface area contributed by atoms with E-state index in [-0.39, 0.29) is 0 Å².